The highest BCUT2D eigenvalue weighted by molar-refractivity contribution is 6.07. The number of carbonyl (C=O) groups excluding carboxylic acids is 2. The quantitative estimate of drug-likeness (QED) is 0.682. The van der Waals surface area contributed by atoms with Crippen molar-refractivity contribution in [3.8, 4) is 6.07 Å². The van der Waals surface area contributed by atoms with Gasteiger partial charge < -0.3 is 5.32 Å². The molecular formula is C16H19N3O2. The molecule has 1 unspecified atom stereocenters. The highest BCUT2D eigenvalue weighted by Gasteiger charge is 2.48. The summed E-state index contributed by atoms with van der Waals surface area (Å²) in [6, 6.07) is 7.39. The van der Waals surface area contributed by atoms with Gasteiger partial charge in [-0.2, -0.15) is 5.26 Å². The van der Waals surface area contributed by atoms with Gasteiger partial charge in [-0.15, -0.1) is 0 Å². The van der Waals surface area contributed by atoms with Crippen LogP contribution in [0.15, 0.2) is 18.2 Å². The van der Waals surface area contributed by atoms with Crippen LogP contribution in [-0.2, 0) is 10.3 Å². The number of amides is 3. The van der Waals surface area contributed by atoms with Gasteiger partial charge in [-0.1, -0.05) is 18.2 Å². The average Bonchev–Trinajstić information content (AvgIpc) is 2.66. The lowest BCUT2D eigenvalue weighted by Gasteiger charge is -2.23. The number of urea groups is 1. The van der Waals surface area contributed by atoms with E-state index in [0.717, 1.165) is 16.7 Å². The Morgan fingerprint density at radius 2 is 2.00 bits per heavy atom. The van der Waals surface area contributed by atoms with Crippen molar-refractivity contribution in [3.63, 3.8) is 0 Å². The van der Waals surface area contributed by atoms with Crippen molar-refractivity contribution in [2.24, 2.45) is 0 Å². The van der Waals surface area contributed by atoms with Gasteiger partial charge in [0, 0.05) is 13.0 Å². The number of benzene rings is 1. The van der Waals surface area contributed by atoms with Crippen LogP contribution in [0.1, 0.15) is 36.5 Å². The summed E-state index contributed by atoms with van der Waals surface area (Å²) < 4.78 is 0. The third kappa shape index (κ3) is 2.62. The predicted octanol–water partition coefficient (Wildman–Crippen LogP) is 2.37. The molecule has 0 saturated carbocycles. The van der Waals surface area contributed by atoms with Gasteiger partial charge in [-0.3, -0.25) is 9.69 Å². The minimum Gasteiger partial charge on any atom is -0.319 e. The summed E-state index contributed by atoms with van der Waals surface area (Å²) in [4.78, 5) is 25.8. The van der Waals surface area contributed by atoms with E-state index in [9.17, 15) is 9.59 Å². The molecule has 1 heterocycles. The molecule has 1 aliphatic heterocycles. The lowest BCUT2D eigenvalue weighted by atomic mass is 9.89. The van der Waals surface area contributed by atoms with E-state index < -0.39 is 11.6 Å². The maximum Gasteiger partial charge on any atom is 0.325 e. The number of nitrogens with one attached hydrogen (secondary N) is 1. The Bertz CT molecular complexity index is 633. The van der Waals surface area contributed by atoms with Gasteiger partial charge in [0.1, 0.15) is 5.54 Å². The van der Waals surface area contributed by atoms with Gasteiger partial charge in [0.05, 0.1) is 6.07 Å². The standard InChI is InChI=1S/C16H19N3O2/c1-11-6-7-13(10-12(11)2)16(3)14(20)19(15(21)18-16)9-5-4-8-17/h6-7,10H,4-5,9H2,1-3H3,(H,18,21). The Morgan fingerprint density at radius 1 is 1.29 bits per heavy atom. The maximum atomic E-state index is 12.6. The minimum atomic E-state index is -1.03. The first-order valence-electron chi connectivity index (χ1n) is 6.99. The molecule has 1 saturated heterocycles. The van der Waals surface area contributed by atoms with Crippen molar-refractivity contribution in [3.05, 3.63) is 34.9 Å². The SMILES string of the molecule is Cc1ccc(C2(C)NC(=O)N(CCCC#N)C2=O)cc1C. The minimum absolute atomic E-state index is 0.256. The fraction of sp³-hybridized carbons (Fsp3) is 0.438. The molecule has 1 atom stereocenters. The Kier molecular flexibility index (Phi) is 3.99. The van der Waals surface area contributed by atoms with Crippen LogP contribution in [0.5, 0.6) is 0 Å². The molecule has 1 aliphatic rings. The first-order valence-corrected chi connectivity index (χ1v) is 6.99. The Balaban J connectivity index is 2.27. The van der Waals surface area contributed by atoms with E-state index >= 15 is 0 Å². The second-order valence-corrected chi connectivity index (χ2v) is 5.57. The molecule has 0 aliphatic carbocycles. The summed E-state index contributed by atoms with van der Waals surface area (Å²) in [6.07, 6.45) is 0.829. The normalized spacial score (nSPS) is 21.3. The molecule has 110 valence electrons. The molecule has 0 spiro atoms. The number of nitrogens with zero attached hydrogens (tertiary/aromatic N) is 2. The Labute approximate surface area is 124 Å². The van der Waals surface area contributed by atoms with E-state index in [1.165, 1.54) is 4.90 Å². The number of carbonyl (C=O) groups is 2. The number of hydrogen-bond acceptors (Lipinski definition) is 3. The molecule has 1 fully saturated rings. The first kappa shape index (κ1) is 15.0. The lowest BCUT2D eigenvalue weighted by Crippen LogP contribution is -2.41. The van der Waals surface area contributed by atoms with Crippen LogP contribution in [0.4, 0.5) is 4.79 Å². The van der Waals surface area contributed by atoms with Gasteiger partial charge in [-0.05, 0) is 43.9 Å². The van der Waals surface area contributed by atoms with Gasteiger partial charge in [0.2, 0.25) is 0 Å². The van der Waals surface area contributed by atoms with E-state index in [-0.39, 0.29) is 12.5 Å². The van der Waals surface area contributed by atoms with E-state index in [4.69, 9.17) is 5.26 Å². The first-order chi connectivity index (χ1) is 9.90. The molecule has 21 heavy (non-hydrogen) atoms. The second kappa shape index (κ2) is 5.57. The predicted molar refractivity (Wildman–Crippen MR) is 78.4 cm³/mol. The molecule has 1 N–H and O–H groups in total. The van der Waals surface area contributed by atoms with Crippen LogP contribution in [-0.4, -0.2) is 23.4 Å². The van der Waals surface area contributed by atoms with E-state index in [1.807, 2.05) is 38.1 Å². The zero-order valence-corrected chi connectivity index (χ0v) is 12.6. The molecule has 5 heteroatoms. The smallest absolute Gasteiger partial charge is 0.319 e. The van der Waals surface area contributed by atoms with Crippen molar-refractivity contribution in [2.45, 2.75) is 39.2 Å². The van der Waals surface area contributed by atoms with Crippen molar-refractivity contribution < 1.29 is 9.59 Å². The number of imide groups is 1. The summed E-state index contributed by atoms with van der Waals surface area (Å²) in [6.45, 7) is 5.99. The summed E-state index contributed by atoms with van der Waals surface area (Å²) in [5.41, 5.74) is 1.98. The van der Waals surface area contributed by atoms with Crippen LogP contribution < -0.4 is 5.32 Å². The van der Waals surface area contributed by atoms with Crippen molar-refractivity contribution >= 4 is 11.9 Å². The zero-order valence-electron chi connectivity index (χ0n) is 12.6. The molecular weight excluding hydrogens is 266 g/mol. The lowest BCUT2D eigenvalue weighted by molar-refractivity contribution is -0.131. The highest BCUT2D eigenvalue weighted by atomic mass is 16.2. The summed E-state index contributed by atoms with van der Waals surface area (Å²) in [5.74, 6) is -0.256. The number of hydrogen-bond donors (Lipinski definition) is 1. The summed E-state index contributed by atoms with van der Waals surface area (Å²) >= 11 is 0. The van der Waals surface area contributed by atoms with Crippen molar-refractivity contribution in [1.29, 1.82) is 5.26 Å². The number of nitriles is 1. The molecule has 2 rings (SSSR count). The van der Waals surface area contributed by atoms with E-state index in [0.29, 0.717) is 12.8 Å². The summed E-state index contributed by atoms with van der Waals surface area (Å²) in [5, 5.41) is 11.3. The molecule has 0 bridgehead atoms. The van der Waals surface area contributed by atoms with Gasteiger partial charge in [0.25, 0.3) is 5.91 Å². The molecule has 0 aromatic heterocycles. The Hall–Kier alpha value is -2.35. The second-order valence-electron chi connectivity index (χ2n) is 5.57. The van der Waals surface area contributed by atoms with E-state index in [1.54, 1.807) is 6.92 Å². The third-order valence-corrected chi connectivity index (χ3v) is 4.03. The van der Waals surface area contributed by atoms with Crippen molar-refractivity contribution in [1.82, 2.24) is 10.2 Å². The van der Waals surface area contributed by atoms with Gasteiger partial charge in [0.15, 0.2) is 0 Å². The Morgan fingerprint density at radius 3 is 2.62 bits per heavy atom. The molecule has 3 amide bonds. The van der Waals surface area contributed by atoms with Gasteiger partial charge >= 0.3 is 6.03 Å². The number of unbranched alkanes of at least 4 members (excludes halogenated alkanes) is 1. The van der Waals surface area contributed by atoms with Crippen LogP contribution in [0.2, 0.25) is 0 Å². The third-order valence-electron chi connectivity index (χ3n) is 4.03. The summed E-state index contributed by atoms with van der Waals surface area (Å²) in [7, 11) is 0. The van der Waals surface area contributed by atoms with Crippen molar-refractivity contribution in [2.75, 3.05) is 6.54 Å². The molecule has 5 nitrogen and oxygen atoms in total. The van der Waals surface area contributed by atoms with Crippen LogP contribution in [0, 0.1) is 25.2 Å². The zero-order chi connectivity index (χ0) is 15.6. The van der Waals surface area contributed by atoms with Crippen LogP contribution in [0.25, 0.3) is 0 Å². The maximum absolute atomic E-state index is 12.6. The van der Waals surface area contributed by atoms with Gasteiger partial charge in [-0.25, -0.2) is 4.79 Å². The molecule has 0 radical (unpaired) electrons. The van der Waals surface area contributed by atoms with E-state index in [2.05, 4.69) is 5.32 Å². The number of rotatable bonds is 4. The molecule has 1 aromatic rings. The topological polar surface area (TPSA) is 73.2 Å². The number of aryl methyl sites for hydroxylation is 2. The van der Waals surface area contributed by atoms with Crippen LogP contribution in [0.3, 0.4) is 0 Å². The largest absolute Gasteiger partial charge is 0.325 e. The average molecular weight is 285 g/mol. The molecule has 1 aromatic carbocycles. The fourth-order valence-electron chi connectivity index (χ4n) is 2.46. The fourth-order valence-corrected chi connectivity index (χ4v) is 2.46. The monoisotopic (exact) mass is 285 g/mol. The van der Waals surface area contributed by atoms with Crippen LogP contribution >= 0.6 is 0 Å². The highest BCUT2D eigenvalue weighted by Crippen LogP contribution is 2.30.